The Bertz CT molecular complexity index is 256. The van der Waals surface area contributed by atoms with Crippen LogP contribution in [0.3, 0.4) is 0 Å². The van der Waals surface area contributed by atoms with Gasteiger partial charge < -0.3 is 10.5 Å². The molecule has 3 N–H and O–H groups in total. The second-order valence-electron chi connectivity index (χ2n) is 3.36. The number of hydrogen-bond donors (Lipinski definition) is 2. The molecule has 0 aliphatic heterocycles. The number of hydrogen-bond acceptors (Lipinski definition) is 4. The van der Waals surface area contributed by atoms with Crippen LogP contribution in [-0.4, -0.2) is 52.6 Å². The summed E-state index contributed by atoms with van der Waals surface area (Å²) in [5, 5.41) is 0. The molecule has 92 valence electrons. The maximum atomic E-state index is 11.6. The van der Waals surface area contributed by atoms with Crippen molar-refractivity contribution >= 4 is 10.2 Å². The van der Waals surface area contributed by atoms with E-state index >= 15 is 0 Å². The first-order valence-corrected chi connectivity index (χ1v) is 6.31. The van der Waals surface area contributed by atoms with Gasteiger partial charge in [-0.1, -0.05) is 0 Å². The number of ether oxygens (including phenoxy) is 1. The lowest BCUT2D eigenvalue weighted by atomic mass is 10.4. The number of rotatable bonds is 8. The summed E-state index contributed by atoms with van der Waals surface area (Å²) < 4.78 is 31.8. The van der Waals surface area contributed by atoms with Gasteiger partial charge in [0.2, 0.25) is 0 Å². The standard InChI is InChI=1S/C8H21N3O3S/c1-8(14-3)7-10-15(12,13)11(2)6-4-5-9/h8,10H,4-7,9H2,1-3H3. The van der Waals surface area contributed by atoms with Crippen molar-refractivity contribution in [1.29, 1.82) is 0 Å². The first kappa shape index (κ1) is 14.8. The molecule has 7 heteroatoms. The maximum absolute atomic E-state index is 11.6. The van der Waals surface area contributed by atoms with Crippen molar-refractivity contribution in [2.45, 2.75) is 19.4 Å². The molecule has 0 radical (unpaired) electrons. The van der Waals surface area contributed by atoms with Crippen LogP contribution in [0, 0.1) is 0 Å². The van der Waals surface area contributed by atoms with Crippen LogP contribution in [0.15, 0.2) is 0 Å². The van der Waals surface area contributed by atoms with Gasteiger partial charge in [-0.3, -0.25) is 0 Å². The van der Waals surface area contributed by atoms with Gasteiger partial charge in [0.25, 0.3) is 10.2 Å². The van der Waals surface area contributed by atoms with Crippen LogP contribution in [0.25, 0.3) is 0 Å². The van der Waals surface area contributed by atoms with E-state index in [4.69, 9.17) is 10.5 Å². The van der Waals surface area contributed by atoms with E-state index in [9.17, 15) is 8.42 Å². The lowest BCUT2D eigenvalue weighted by Gasteiger charge is -2.18. The normalized spacial score (nSPS) is 14.5. The highest BCUT2D eigenvalue weighted by Crippen LogP contribution is 1.96. The van der Waals surface area contributed by atoms with Gasteiger partial charge in [0.05, 0.1) is 6.10 Å². The third kappa shape index (κ3) is 6.06. The van der Waals surface area contributed by atoms with E-state index in [0.717, 1.165) is 0 Å². The lowest BCUT2D eigenvalue weighted by Crippen LogP contribution is -2.42. The Balaban J connectivity index is 4.05. The van der Waals surface area contributed by atoms with Crippen LogP contribution >= 0.6 is 0 Å². The van der Waals surface area contributed by atoms with Gasteiger partial charge in [0.1, 0.15) is 0 Å². The summed E-state index contributed by atoms with van der Waals surface area (Å²) in [7, 11) is -0.328. The Morgan fingerprint density at radius 3 is 2.60 bits per heavy atom. The Morgan fingerprint density at radius 1 is 1.53 bits per heavy atom. The van der Waals surface area contributed by atoms with E-state index in [0.29, 0.717) is 19.5 Å². The zero-order valence-electron chi connectivity index (χ0n) is 9.56. The molecule has 1 atom stereocenters. The highest BCUT2D eigenvalue weighted by atomic mass is 32.2. The van der Waals surface area contributed by atoms with E-state index in [-0.39, 0.29) is 12.6 Å². The number of methoxy groups -OCH3 is 1. The van der Waals surface area contributed by atoms with Crippen LogP contribution in [0.2, 0.25) is 0 Å². The van der Waals surface area contributed by atoms with Crippen LogP contribution < -0.4 is 10.5 Å². The molecule has 6 nitrogen and oxygen atoms in total. The molecule has 0 bridgehead atoms. The van der Waals surface area contributed by atoms with Crippen molar-refractivity contribution in [3.8, 4) is 0 Å². The number of nitrogens with one attached hydrogen (secondary N) is 1. The molecule has 1 unspecified atom stereocenters. The molecule has 15 heavy (non-hydrogen) atoms. The second-order valence-corrected chi connectivity index (χ2v) is 5.23. The lowest BCUT2D eigenvalue weighted by molar-refractivity contribution is 0.121. The molecule has 0 aromatic heterocycles. The molecular weight excluding hydrogens is 218 g/mol. The molecule has 0 fully saturated rings. The first-order valence-electron chi connectivity index (χ1n) is 4.87. The summed E-state index contributed by atoms with van der Waals surface area (Å²) >= 11 is 0. The summed E-state index contributed by atoms with van der Waals surface area (Å²) in [6.45, 7) is 2.97. The van der Waals surface area contributed by atoms with Crippen LogP contribution in [-0.2, 0) is 14.9 Å². The first-order chi connectivity index (χ1) is 6.94. The zero-order valence-corrected chi connectivity index (χ0v) is 10.4. The fourth-order valence-corrected chi connectivity index (χ4v) is 1.89. The molecule has 0 aromatic carbocycles. The molecule has 0 rings (SSSR count). The summed E-state index contributed by atoms with van der Waals surface area (Å²) in [6, 6.07) is 0. The Morgan fingerprint density at radius 2 is 2.13 bits per heavy atom. The maximum Gasteiger partial charge on any atom is 0.279 e. The minimum atomic E-state index is -3.39. The van der Waals surface area contributed by atoms with Gasteiger partial charge >= 0.3 is 0 Å². The monoisotopic (exact) mass is 239 g/mol. The fourth-order valence-electron chi connectivity index (χ4n) is 0.850. The molecule has 0 saturated heterocycles. The minimum Gasteiger partial charge on any atom is -0.380 e. The fraction of sp³-hybridized carbons (Fsp3) is 1.00. The van der Waals surface area contributed by atoms with Gasteiger partial charge in [-0.25, -0.2) is 0 Å². The van der Waals surface area contributed by atoms with Crippen LogP contribution in [0.1, 0.15) is 13.3 Å². The van der Waals surface area contributed by atoms with Gasteiger partial charge in [0, 0.05) is 27.2 Å². The van der Waals surface area contributed by atoms with Crippen molar-refractivity contribution in [2.75, 3.05) is 33.8 Å². The third-order valence-electron chi connectivity index (χ3n) is 2.04. The highest BCUT2D eigenvalue weighted by Gasteiger charge is 2.17. The predicted octanol–water partition coefficient (Wildman–Crippen LogP) is -0.864. The average Bonchev–Trinajstić information content (AvgIpc) is 2.22. The van der Waals surface area contributed by atoms with E-state index in [1.807, 2.05) is 0 Å². The van der Waals surface area contributed by atoms with Gasteiger partial charge in [-0.15, -0.1) is 0 Å². The smallest absolute Gasteiger partial charge is 0.279 e. The molecule has 0 saturated carbocycles. The topological polar surface area (TPSA) is 84.7 Å². The SMILES string of the molecule is COC(C)CNS(=O)(=O)N(C)CCCN. The van der Waals surface area contributed by atoms with Crippen molar-refractivity contribution in [1.82, 2.24) is 9.03 Å². The molecule has 0 aliphatic carbocycles. The molecule has 0 spiro atoms. The largest absolute Gasteiger partial charge is 0.380 e. The quantitative estimate of drug-likeness (QED) is 0.577. The average molecular weight is 239 g/mol. The molecule has 0 amide bonds. The molecule has 0 aromatic rings. The molecular formula is C8H21N3O3S. The summed E-state index contributed by atoms with van der Waals surface area (Å²) in [5.74, 6) is 0. The predicted molar refractivity (Wildman–Crippen MR) is 59.7 cm³/mol. The van der Waals surface area contributed by atoms with Crippen molar-refractivity contribution in [3.05, 3.63) is 0 Å². The van der Waals surface area contributed by atoms with E-state index < -0.39 is 10.2 Å². The summed E-state index contributed by atoms with van der Waals surface area (Å²) in [5.41, 5.74) is 5.30. The van der Waals surface area contributed by atoms with Crippen LogP contribution in [0.5, 0.6) is 0 Å². The zero-order chi connectivity index (χ0) is 11.9. The van der Waals surface area contributed by atoms with Crippen molar-refractivity contribution < 1.29 is 13.2 Å². The second kappa shape index (κ2) is 7.13. The summed E-state index contributed by atoms with van der Waals surface area (Å²) in [4.78, 5) is 0. The van der Waals surface area contributed by atoms with Gasteiger partial charge in [-0.2, -0.15) is 17.4 Å². The number of nitrogens with zero attached hydrogens (tertiary/aromatic N) is 1. The van der Waals surface area contributed by atoms with E-state index in [2.05, 4.69) is 4.72 Å². The van der Waals surface area contributed by atoms with Crippen LogP contribution in [0.4, 0.5) is 0 Å². The minimum absolute atomic E-state index is 0.136. The van der Waals surface area contributed by atoms with Crippen molar-refractivity contribution in [2.24, 2.45) is 5.73 Å². The Labute approximate surface area is 92.0 Å². The van der Waals surface area contributed by atoms with E-state index in [1.54, 1.807) is 6.92 Å². The number of nitrogens with two attached hydrogens (primary N) is 1. The third-order valence-corrected chi connectivity index (χ3v) is 3.58. The van der Waals surface area contributed by atoms with E-state index in [1.165, 1.54) is 18.5 Å². The molecule has 0 heterocycles. The Hall–Kier alpha value is -0.210. The van der Waals surface area contributed by atoms with Gasteiger partial charge in [-0.05, 0) is 19.9 Å². The highest BCUT2D eigenvalue weighted by molar-refractivity contribution is 7.87. The van der Waals surface area contributed by atoms with Crippen molar-refractivity contribution in [3.63, 3.8) is 0 Å². The summed E-state index contributed by atoms with van der Waals surface area (Å²) in [6.07, 6.45) is 0.514. The molecule has 0 aliphatic rings. The van der Waals surface area contributed by atoms with Gasteiger partial charge in [0.15, 0.2) is 0 Å². The Kier molecular flexibility index (Phi) is 7.03.